The maximum atomic E-state index is 17.2. The summed E-state index contributed by atoms with van der Waals surface area (Å²) in [6.07, 6.45) is -6.43. The van der Waals surface area contributed by atoms with Gasteiger partial charge in [-0.2, -0.15) is 26.3 Å². The molecular formula is C59H37BF8N2O. The van der Waals surface area contributed by atoms with Crippen LogP contribution >= 0.6 is 0 Å². The lowest BCUT2D eigenvalue weighted by Gasteiger charge is -2.16. The molecule has 0 radical (unpaired) electrons. The number of furan rings is 1. The third-order valence-corrected chi connectivity index (χ3v) is 12.9. The van der Waals surface area contributed by atoms with Crippen molar-refractivity contribution in [3.8, 4) is 55.8 Å². The van der Waals surface area contributed by atoms with Crippen LogP contribution in [-0.2, 0) is 6.18 Å². The quantitative estimate of drug-likeness (QED) is 0.119. The molecule has 1 aliphatic rings. The summed E-state index contributed by atoms with van der Waals surface area (Å²) in [5.41, 5.74) is 5.32. The van der Waals surface area contributed by atoms with E-state index in [4.69, 9.17) is 4.42 Å². The summed E-state index contributed by atoms with van der Waals surface area (Å²) in [5.74, 6) is 0. The van der Waals surface area contributed by atoms with Crippen molar-refractivity contribution in [1.29, 1.82) is 0 Å². The maximum absolute atomic E-state index is 17.2. The number of halogens is 8. The predicted molar refractivity (Wildman–Crippen MR) is 267 cm³/mol. The number of H-pyrrole nitrogens is 1. The molecule has 1 N–H and O–H groups in total. The molecule has 12 heteroatoms. The summed E-state index contributed by atoms with van der Waals surface area (Å²) in [5, 5.41) is 1.46. The van der Waals surface area contributed by atoms with Gasteiger partial charge in [0.1, 0.15) is 11.2 Å². The Balaban J connectivity index is 1.44. The van der Waals surface area contributed by atoms with Crippen LogP contribution in [0.2, 0.25) is 0 Å². The van der Waals surface area contributed by atoms with E-state index >= 15 is 8.63 Å². The highest BCUT2D eigenvalue weighted by molar-refractivity contribution is 6.41. The Morgan fingerprint density at radius 1 is 0.507 bits per heavy atom. The lowest BCUT2D eigenvalue weighted by Crippen LogP contribution is -2.38. The van der Waals surface area contributed by atoms with Gasteiger partial charge in [-0.3, -0.25) is 8.63 Å². The van der Waals surface area contributed by atoms with Crippen molar-refractivity contribution in [3.05, 3.63) is 239 Å². The number of allylic oxidation sites excluding steroid dienone is 4. The number of aromatic amines is 1. The third-order valence-electron chi connectivity index (χ3n) is 12.9. The molecular weight excluding hydrogens is 915 g/mol. The highest BCUT2D eigenvalue weighted by Gasteiger charge is 2.36. The SMILES string of the molecule is FB(F)n1c(=C2C=CC(C(F)(F)F)=CC2)c(-c2ccccc2)c(-c2ccccc2)/c1=C(/c1[nH]c(-c2ccc(C(F)(F)F)cc2)c(-c2ccccc2)c1-c1ccccc1)c1cccc2c1oc1ccccc12. The molecule has 10 aromatic rings. The molecule has 3 nitrogen and oxygen atoms in total. The Morgan fingerprint density at radius 3 is 1.59 bits per heavy atom. The first kappa shape index (κ1) is 45.1. The Morgan fingerprint density at radius 2 is 1.04 bits per heavy atom. The minimum atomic E-state index is -4.68. The number of fused-ring (bicyclic) bond motifs is 3. The van der Waals surface area contributed by atoms with Crippen molar-refractivity contribution in [2.45, 2.75) is 18.8 Å². The van der Waals surface area contributed by atoms with Gasteiger partial charge in [0, 0.05) is 49.5 Å². The molecule has 7 aromatic carbocycles. The van der Waals surface area contributed by atoms with Crippen LogP contribution in [-0.4, -0.2) is 23.0 Å². The van der Waals surface area contributed by atoms with E-state index in [1.807, 2.05) is 109 Å². The predicted octanol–water partition coefficient (Wildman–Crippen LogP) is 15.7. The first-order valence-corrected chi connectivity index (χ1v) is 22.7. The highest BCUT2D eigenvalue weighted by Crippen LogP contribution is 2.48. The van der Waals surface area contributed by atoms with Crippen molar-refractivity contribution < 1.29 is 39.4 Å². The molecule has 71 heavy (non-hydrogen) atoms. The van der Waals surface area contributed by atoms with Crippen LogP contribution in [0.25, 0.3) is 88.8 Å². The van der Waals surface area contributed by atoms with Crippen molar-refractivity contribution in [2.24, 2.45) is 0 Å². The Labute approximate surface area is 401 Å². The number of nitrogens with zero attached hydrogens (tertiary/aromatic N) is 1. The van der Waals surface area contributed by atoms with Crippen molar-refractivity contribution in [3.63, 3.8) is 0 Å². The number of hydrogen-bond donors (Lipinski definition) is 1. The zero-order valence-corrected chi connectivity index (χ0v) is 37.3. The molecule has 0 spiro atoms. The summed E-state index contributed by atoms with van der Waals surface area (Å²) in [6.45, 7) is 0. The molecule has 0 aliphatic heterocycles. The monoisotopic (exact) mass is 952 g/mol. The molecule has 0 unspecified atom stereocenters. The highest BCUT2D eigenvalue weighted by atomic mass is 19.4. The van der Waals surface area contributed by atoms with E-state index in [1.54, 1.807) is 54.6 Å². The van der Waals surface area contributed by atoms with Gasteiger partial charge in [-0.1, -0.05) is 182 Å². The van der Waals surface area contributed by atoms with Gasteiger partial charge < -0.3 is 13.9 Å². The largest absolute Gasteiger partial charge is 0.678 e. The van der Waals surface area contributed by atoms with E-state index < -0.39 is 30.9 Å². The number of benzene rings is 7. The number of aromatic nitrogens is 2. The summed E-state index contributed by atoms with van der Waals surface area (Å²) < 4.78 is 127. The Hall–Kier alpha value is -8.38. The van der Waals surface area contributed by atoms with E-state index in [-0.39, 0.29) is 28.3 Å². The van der Waals surface area contributed by atoms with E-state index in [2.05, 4.69) is 4.98 Å². The van der Waals surface area contributed by atoms with Gasteiger partial charge in [-0.15, -0.1) is 0 Å². The normalized spacial score (nSPS) is 14.3. The minimum Gasteiger partial charge on any atom is -0.455 e. The van der Waals surface area contributed by atoms with E-state index in [9.17, 15) is 26.3 Å². The second-order valence-corrected chi connectivity index (χ2v) is 17.1. The van der Waals surface area contributed by atoms with E-state index in [0.717, 1.165) is 34.1 Å². The fourth-order valence-electron chi connectivity index (χ4n) is 9.89. The zero-order valence-electron chi connectivity index (χ0n) is 37.3. The number of nitrogens with one attached hydrogen (secondary N) is 1. The molecule has 3 heterocycles. The molecule has 0 fully saturated rings. The lowest BCUT2D eigenvalue weighted by molar-refractivity contribution is -0.137. The van der Waals surface area contributed by atoms with Crippen LogP contribution < -0.4 is 10.7 Å². The summed E-state index contributed by atoms with van der Waals surface area (Å²) in [4.78, 5) is 3.66. The van der Waals surface area contributed by atoms with Gasteiger partial charge in [0.05, 0.1) is 27.9 Å². The van der Waals surface area contributed by atoms with Gasteiger partial charge in [-0.25, -0.2) is 0 Å². The van der Waals surface area contributed by atoms with Gasteiger partial charge in [0.25, 0.3) is 0 Å². The molecule has 0 atom stereocenters. The van der Waals surface area contributed by atoms with Crippen molar-refractivity contribution >= 4 is 40.5 Å². The second kappa shape index (κ2) is 17.9. The first-order chi connectivity index (χ1) is 34.4. The number of hydrogen-bond acceptors (Lipinski definition) is 1. The van der Waals surface area contributed by atoms with Crippen LogP contribution in [0.15, 0.2) is 216 Å². The lowest BCUT2D eigenvalue weighted by atomic mass is 9.88. The maximum Gasteiger partial charge on any atom is 0.678 e. The average Bonchev–Trinajstić information content (AvgIpc) is 4.09. The smallest absolute Gasteiger partial charge is 0.455 e. The molecule has 1 aliphatic carbocycles. The van der Waals surface area contributed by atoms with Gasteiger partial charge in [0.15, 0.2) is 0 Å². The van der Waals surface area contributed by atoms with Crippen LogP contribution in [0.3, 0.4) is 0 Å². The fraction of sp³-hybridized carbons (Fsp3) is 0.0508. The average molecular weight is 953 g/mol. The fourth-order valence-corrected chi connectivity index (χ4v) is 9.89. The molecule has 0 saturated carbocycles. The Kier molecular flexibility index (Phi) is 11.3. The third kappa shape index (κ3) is 8.08. The van der Waals surface area contributed by atoms with E-state index in [0.29, 0.717) is 83.6 Å². The number of para-hydroxylation sites is 2. The summed E-state index contributed by atoms with van der Waals surface area (Å²) in [6, 6.07) is 54.2. The van der Waals surface area contributed by atoms with Crippen molar-refractivity contribution in [1.82, 2.24) is 9.46 Å². The van der Waals surface area contributed by atoms with Crippen molar-refractivity contribution in [2.75, 3.05) is 0 Å². The molecule has 11 rings (SSSR count). The molecule has 0 saturated heterocycles. The molecule has 0 bridgehead atoms. The van der Waals surface area contributed by atoms with Crippen LogP contribution in [0, 0.1) is 0 Å². The van der Waals surface area contributed by atoms with Gasteiger partial charge >= 0.3 is 19.8 Å². The Bertz CT molecular complexity index is 3810. The molecule has 348 valence electrons. The molecule has 3 aromatic heterocycles. The minimum absolute atomic E-state index is 0.00196. The second-order valence-electron chi connectivity index (χ2n) is 17.1. The summed E-state index contributed by atoms with van der Waals surface area (Å²) in [7, 11) is -3.29. The van der Waals surface area contributed by atoms with E-state index in [1.165, 1.54) is 18.2 Å². The number of rotatable bonds is 8. The van der Waals surface area contributed by atoms with Crippen LogP contribution in [0.1, 0.15) is 23.2 Å². The number of alkyl halides is 6. The molecule has 0 amide bonds. The topological polar surface area (TPSA) is 33.9 Å². The van der Waals surface area contributed by atoms with Crippen LogP contribution in [0.5, 0.6) is 0 Å². The van der Waals surface area contributed by atoms with Gasteiger partial charge in [0.2, 0.25) is 0 Å². The summed E-state index contributed by atoms with van der Waals surface area (Å²) >= 11 is 0. The van der Waals surface area contributed by atoms with Gasteiger partial charge in [-0.05, 0) is 64.1 Å². The zero-order chi connectivity index (χ0) is 49.0. The van der Waals surface area contributed by atoms with Crippen LogP contribution in [0.4, 0.5) is 35.0 Å². The first-order valence-electron chi connectivity index (χ1n) is 22.7. The standard InChI is InChI=1S/C59H37BF8N2O/c61-58(62,63)42-32-28-40(29-33-42)53-48(36-16-5-1-6-17-36)49(37-18-7-2-8-19-37)54(69-53)52(46-26-15-25-45-44-24-13-14-27-47(44)71-57(45)46)56-51(39-22-11-4-12-23-39)50(38-20-9-3-10-21-38)55(70(56)60(67)68)41-30-34-43(35-31-41)59(64,65)66/h1-30,32-35,69H,31H2/b55-41?,56-52-.